The molecule has 0 saturated carbocycles. The fraction of sp³-hybridized carbons (Fsp3) is 0.925. The van der Waals surface area contributed by atoms with E-state index in [9.17, 15) is 19.8 Å². The molecule has 1 amide bonds. The Labute approximate surface area is 368 Å². The Balaban J connectivity index is 3.42. The first-order valence-corrected chi connectivity index (χ1v) is 26.5. The summed E-state index contributed by atoms with van der Waals surface area (Å²) < 4.78 is 5.47. The predicted molar refractivity (Wildman–Crippen MR) is 255 cm³/mol. The van der Waals surface area contributed by atoms with Crippen LogP contribution in [0, 0.1) is 0 Å². The lowest BCUT2D eigenvalue weighted by Gasteiger charge is -2.20. The Kier molecular flexibility index (Phi) is 48.1. The average Bonchev–Trinajstić information content (AvgIpc) is 3.24. The summed E-state index contributed by atoms with van der Waals surface area (Å²) in [7, 11) is 0. The lowest BCUT2D eigenvalue weighted by atomic mass is 10.0. The fourth-order valence-electron chi connectivity index (χ4n) is 8.22. The number of rotatable bonds is 49. The van der Waals surface area contributed by atoms with Crippen molar-refractivity contribution in [2.24, 2.45) is 0 Å². The standard InChI is InChI=1S/C53H103NO5/c1-3-5-7-9-11-13-15-17-23-27-31-35-39-43-47-53(58)59-48-44-40-36-32-28-24-21-19-18-20-22-26-30-34-38-42-46-52(57)54-50(49-55)51(56)45-41-37-33-29-25-16-14-12-10-8-6-4-2/h41,45,50-51,55-56H,3-40,42-44,46-49H2,1-2H3,(H,54,57)/b45-41+. The molecular formula is C53H103NO5. The maximum absolute atomic E-state index is 12.4. The molecule has 0 spiro atoms. The SMILES string of the molecule is CCCCCCCCCCCC/C=C/C(O)C(CO)NC(=O)CCCCCCCCCCCCCCCCCCOC(=O)CCCCCCCCCCCCCCCC. The van der Waals surface area contributed by atoms with Crippen molar-refractivity contribution in [2.45, 2.75) is 302 Å². The summed E-state index contributed by atoms with van der Waals surface area (Å²) in [5, 5.41) is 23.0. The second-order valence-electron chi connectivity index (χ2n) is 18.2. The van der Waals surface area contributed by atoms with Crippen molar-refractivity contribution in [3.05, 3.63) is 12.2 Å². The maximum Gasteiger partial charge on any atom is 0.305 e. The van der Waals surface area contributed by atoms with Gasteiger partial charge in [0.25, 0.3) is 0 Å². The van der Waals surface area contributed by atoms with Gasteiger partial charge in [-0.25, -0.2) is 0 Å². The van der Waals surface area contributed by atoms with Gasteiger partial charge in [-0.2, -0.15) is 0 Å². The third-order valence-corrected chi connectivity index (χ3v) is 12.3. The lowest BCUT2D eigenvalue weighted by molar-refractivity contribution is -0.143. The van der Waals surface area contributed by atoms with Crippen LogP contribution in [0.15, 0.2) is 12.2 Å². The topological polar surface area (TPSA) is 95.9 Å². The monoisotopic (exact) mass is 834 g/mol. The minimum Gasteiger partial charge on any atom is -0.466 e. The van der Waals surface area contributed by atoms with Gasteiger partial charge < -0.3 is 20.3 Å². The minimum absolute atomic E-state index is 0.00441. The van der Waals surface area contributed by atoms with Crippen molar-refractivity contribution in [2.75, 3.05) is 13.2 Å². The second-order valence-corrected chi connectivity index (χ2v) is 18.2. The fourth-order valence-corrected chi connectivity index (χ4v) is 8.22. The molecule has 0 rings (SSSR count). The van der Waals surface area contributed by atoms with Gasteiger partial charge in [0.1, 0.15) is 0 Å². The molecule has 0 fully saturated rings. The largest absolute Gasteiger partial charge is 0.466 e. The van der Waals surface area contributed by atoms with Crippen LogP contribution in [-0.4, -0.2) is 47.4 Å². The van der Waals surface area contributed by atoms with Crippen LogP contribution in [0.25, 0.3) is 0 Å². The molecule has 2 unspecified atom stereocenters. The van der Waals surface area contributed by atoms with E-state index in [1.165, 1.54) is 218 Å². The molecule has 0 bridgehead atoms. The molecule has 0 aromatic heterocycles. The van der Waals surface area contributed by atoms with Crippen LogP contribution < -0.4 is 5.32 Å². The Bertz CT molecular complexity index is 878. The Hall–Kier alpha value is -1.40. The van der Waals surface area contributed by atoms with Gasteiger partial charge >= 0.3 is 5.97 Å². The third kappa shape index (κ3) is 45.9. The molecule has 0 aliphatic rings. The Morgan fingerprint density at radius 3 is 1.15 bits per heavy atom. The summed E-state index contributed by atoms with van der Waals surface area (Å²) in [5.74, 6) is -0.0702. The van der Waals surface area contributed by atoms with Gasteiger partial charge in [0.15, 0.2) is 0 Å². The molecule has 0 radical (unpaired) electrons. The zero-order chi connectivity index (χ0) is 43.0. The number of aliphatic hydroxyl groups is 2. The first kappa shape index (κ1) is 57.6. The summed E-state index contributed by atoms with van der Waals surface area (Å²) in [5.41, 5.74) is 0. The highest BCUT2D eigenvalue weighted by Gasteiger charge is 2.18. The van der Waals surface area contributed by atoms with E-state index in [1.54, 1.807) is 6.08 Å². The van der Waals surface area contributed by atoms with E-state index >= 15 is 0 Å². The van der Waals surface area contributed by atoms with Gasteiger partial charge in [0.2, 0.25) is 5.91 Å². The van der Waals surface area contributed by atoms with Gasteiger partial charge in [0, 0.05) is 12.8 Å². The number of aliphatic hydroxyl groups excluding tert-OH is 2. The number of hydrogen-bond donors (Lipinski definition) is 3. The number of hydrogen-bond acceptors (Lipinski definition) is 5. The molecule has 0 heterocycles. The van der Waals surface area contributed by atoms with Crippen molar-refractivity contribution >= 4 is 11.9 Å². The molecule has 0 aliphatic heterocycles. The van der Waals surface area contributed by atoms with Gasteiger partial charge in [-0.1, -0.05) is 257 Å². The maximum atomic E-state index is 12.4. The number of carbonyl (C=O) groups is 2. The van der Waals surface area contributed by atoms with Crippen molar-refractivity contribution in [1.29, 1.82) is 0 Å². The lowest BCUT2D eigenvalue weighted by Crippen LogP contribution is -2.45. The number of amides is 1. The number of ether oxygens (including phenoxy) is 1. The van der Waals surface area contributed by atoms with E-state index in [0.717, 1.165) is 44.9 Å². The van der Waals surface area contributed by atoms with E-state index in [1.807, 2.05) is 6.08 Å². The number of unbranched alkanes of at least 4 members (excludes halogenated alkanes) is 38. The molecule has 0 aliphatic carbocycles. The summed E-state index contributed by atoms with van der Waals surface area (Å²) in [6.45, 7) is 4.89. The third-order valence-electron chi connectivity index (χ3n) is 12.3. The summed E-state index contributed by atoms with van der Waals surface area (Å²) in [6, 6.07) is -0.630. The Morgan fingerprint density at radius 1 is 0.458 bits per heavy atom. The second kappa shape index (κ2) is 49.3. The molecule has 3 N–H and O–H groups in total. The van der Waals surface area contributed by atoms with E-state index in [0.29, 0.717) is 19.4 Å². The molecule has 2 atom stereocenters. The molecular weight excluding hydrogens is 731 g/mol. The zero-order valence-corrected chi connectivity index (χ0v) is 39.7. The molecule has 0 aromatic rings. The highest BCUT2D eigenvalue weighted by Crippen LogP contribution is 2.17. The van der Waals surface area contributed by atoms with Crippen LogP contribution in [0.3, 0.4) is 0 Å². The van der Waals surface area contributed by atoms with Crippen molar-refractivity contribution in [3.63, 3.8) is 0 Å². The van der Waals surface area contributed by atoms with Crippen LogP contribution in [0.4, 0.5) is 0 Å². The van der Waals surface area contributed by atoms with Gasteiger partial charge in [-0.05, 0) is 32.1 Å². The molecule has 350 valence electrons. The quantitative estimate of drug-likeness (QED) is 0.0322. The average molecular weight is 834 g/mol. The van der Waals surface area contributed by atoms with Crippen LogP contribution in [0.5, 0.6) is 0 Å². The van der Waals surface area contributed by atoms with Gasteiger partial charge in [0.05, 0.1) is 25.4 Å². The van der Waals surface area contributed by atoms with E-state index in [4.69, 9.17) is 4.74 Å². The van der Waals surface area contributed by atoms with Crippen molar-refractivity contribution in [3.8, 4) is 0 Å². The smallest absolute Gasteiger partial charge is 0.305 e. The highest BCUT2D eigenvalue weighted by atomic mass is 16.5. The van der Waals surface area contributed by atoms with E-state index in [-0.39, 0.29) is 18.5 Å². The number of nitrogens with one attached hydrogen (secondary N) is 1. The molecule has 6 heteroatoms. The normalized spacial score (nSPS) is 12.7. The molecule has 0 aromatic carbocycles. The summed E-state index contributed by atoms with van der Waals surface area (Å²) in [6.07, 6.45) is 56.4. The highest BCUT2D eigenvalue weighted by molar-refractivity contribution is 5.76. The van der Waals surface area contributed by atoms with E-state index < -0.39 is 12.1 Å². The molecule has 59 heavy (non-hydrogen) atoms. The van der Waals surface area contributed by atoms with Gasteiger partial charge in [-0.3, -0.25) is 9.59 Å². The number of carbonyl (C=O) groups excluding carboxylic acids is 2. The number of esters is 1. The predicted octanol–water partition coefficient (Wildman–Crippen LogP) is 15.7. The van der Waals surface area contributed by atoms with Crippen molar-refractivity contribution < 1.29 is 24.5 Å². The van der Waals surface area contributed by atoms with Gasteiger partial charge in [-0.15, -0.1) is 0 Å². The molecule has 6 nitrogen and oxygen atoms in total. The first-order chi connectivity index (χ1) is 29.0. The zero-order valence-electron chi connectivity index (χ0n) is 39.7. The number of allylic oxidation sites excluding steroid dienone is 1. The Morgan fingerprint density at radius 2 is 0.780 bits per heavy atom. The minimum atomic E-state index is -0.846. The van der Waals surface area contributed by atoms with Crippen LogP contribution >= 0.6 is 0 Å². The van der Waals surface area contributed by atoms with Crippen LogP contribution in [0.1, 0.15) is 290 Å². The molecule has 0 saturated heterocycles. The van der Waals surface area contributed by atoms with Crippen LogP contribution in [-0.2, 0) is 14.3 Å². The first-order valence-electron chi connectivity index (χ1n) is 26.5. The summed E-state index contributed by atoms with van der Waals surface area (Å²) in [4.78, 5) is 24.4. The summed E-state index contributed by atoms with van der Waals surface area (Å²) >= 11 is 0. The van der Waals surface area contributed by atoms with Crippen molar-refractivity contribution in [1.82, 2.24) is 5.32 Å². The van der Waals surface area contributed by atoms with Crippen LogP contribution in [0.2, 0.25) is 0 Å². The van der Waals surface area contributed by atoms with E-state index in [2.05, 4.69) is 19.2 Å².